The molecule has 1 fully saturated rings. The molecule has 1 aromatic rings. The minimum Gasteiger partial charge on any atom is -0.497 e. The van der Waals surface area contributed by atoms with Gasteiger partial charge in [0.05, 0.1) is 7.11 Å². The van der Waals surface area contributed by atoms with E-state index in [1.54, 1.807) is 7.11 Å². The van der Waals surface area contributed by atoms with Crippen LogP contribution in [0.5, 0.6) is 5.75 Å². The van der Waals surface area contributed by atoms with Gasteiger partial charge in [0, 0.05) is 19.0 Å². The van der Waals surface area contributed by atoms with Gasteiger partial charge in [-0.15, -0.1) is 0 Å². The fourth-order valence-electron chi connectivity index (χ4n) is 3.09. The van der Waals surface area contributed by atoms with E-state index in [1.165, 1.54) is 5.56 Å². The molecule has 1 aliphatic heterocycles. The molecule has 1 saturated heterocycles. The average Bonchev–Trinajstić information content (AvgIpc) is 2.88. The average molecular weight is 277 g/mol. The number of likely N-dealkylation sites (tertiary alicyclic amines) is 1. The number of methoxy groups -OCH3 is 1. The predicted octanol–water partition coefficient (Wildman–Crippen LogP) is 2.94. The van der Waals surface area contributed by atoms with Gasteiger partial charge in [-0.05, 0) is 43.0 Å². The maximum atomic E-state index is 10.8. The summed E-state index contributed by atoms with van der Waals surface area (Å²) in [5.41, 5.74) is 1.28. The molecule has 0 aromatic heterocycles. The lowest BCUT2D eigenvalue weighted by Gasteiger charge is -2.27. The summed E-state index contributed by atoms with van der Waals surface area (Å²) in [6.07, 6.45) is 2.31. The molecule has 0 amide bonds. The lowest BCUT2D eigenvalue weighted by molar-refractivity contribution is -0.138. The van der Waals surface area contributed by atoms with Crippen LogP contribution in [0.1, 0.15) is 37.8 Å². The second-order valence-corrected chi connectivity index (χ2v) is 5.44. The number of hydrogen-bond donors (Lipinski definition) is 1. The first-order chi connectivity index (χ1) is 9.63. The van der Waals surface area contributed by atoms with Gasteiger partial charge in [-0.2, -0.15) is 0 Å². The third-order valence-electron chi connectivity index (χ3n) is 4.11. The van der Waals surface area contributed by atoms with Crippen LogP contribution in [-0.2, 0) is 4.79 Å². The number of carboxylic acids is 1. The molecule has 1 aromatic carbocycles. The standard InChI is InChI=1S/C16H23NO3/c1-3-15(13-4-6-14(20-2)7-5-13)17-9-8-12(11-17)10-16(18)19/h4-7,12,15H,3,8-11H2,1-2H3,(H,18,19). The summed E-state index contributed by atoms with van der Waals surface area (Å²) in [6.45, 7) is 4.05. The van der Waals surface area contributed by atoms with E-state index in [0.717, 1.165) is 31.7 Å². The molecule has 4 nitrogen and oxygen atoms in total. The van der Waals surface area contributed by atoms with Gasteiger partial charge in [0.25, 0.3) is 0 Å². The highest BCUT2D eigenvalue weighted by molar-refractivity contribution is 5.67. The van der Waals surface area contributed by atoms with E-state index in [1.807, 2.05) is 12.1 Å². The van der Waals surface area contributed by atoms with E-state index >= 15 is 0 Å². The summed E-state index contributed by atoms with van der Waals surface area (Å²) < 4.78 is 5.19. The van der Waals surface area contributed by atoms with Crippen LogP contribution in [0.15, 0.2) is 24.3 Å². The molecule has 2 atom stereocenters. The van der Waals surface area contributed by atoms with Crippen LogP contribution in [0.4, 0.5) is 0 Å². The van der Waals surface area contributed by atoms with Gasteiger partial charge < -0.3 is 9.84 Å². The molecule has 1 N–H and O–H groups in total. The maximum absolute atomic E-state index is 10.8. The number of nitrogens with zero attached hydrogens (tertiary/aromatic N) is 1. The number of aliphatic carboxylic acids is 1. The molecule has 20 heavy (non-hydrogen) atoms. The van der Waals surface area contributed by atoms with Crippen molar-refractivity contribution in [1.82, 2.24) is 4.90 Å². The van der Waals surface area contributed by atoms with E-state index < -0.39 is 5.97 Å². The molecular weight excluding hydrogens is 254 g/mol. The summed E-state index contributed by atoms with van der Waals surface area (Å²) in [7, 11) is 1.67. The van der Waals surface area contributed by atoms with Crippen LogP contribution in [0.25, 0.3) is 0 Å². The highest BCUT2D eigenvalue weighted by atomic mass is 16.5. The molecule has 2 rings (SSSR count). The molecule has 2 unspecified atom stereocenters. The number of ether oxygens (including phenoxy) is 1. The van der Waals surface area contributed by atoms with Crippen molar-refractivity contribution in [3.8, 4) is 5.75 Å². The second-order valence-electron chi connectivity index (χ2n) is 5.44. The quantitative estimate of drug-likeness (QED) is 0.868. The number of carbonyl (C=O) groups is 1. The van der Waals surface area contributed by atoms with E-state index in [0.29, 0.717) is 12.0 Å². The Hall–Kier alpha value is -1.55. The summed E-state index contributed by atoms with van der Waals surface area (Å²) >= 11 is 0. The highest BCUT2D eigenvalue weighted by Crippen LogP contribution is 2.31. The Morgan fingerprint density at radius 2 is 2.15 bits per heavy atom. The van der Waals surface area contributed by atoms with E-state index in [2.05, 4.69) is 24.0 Å². The topological polar surface area (TPSA) is 49.8 Å². The van der Waals surface area contributed by atoms with Crippen molar-refractivity contribution in [2.75, 3.05) is 20.2 Å². The molecule has 110 valence electrons. The number of carboxylic acid groups (broad SMARTS) is 1. The van der Waals surface area contributed by atoms with E-state index in [4.69, 9.17) is 9.84 Å². The number of hydrogen-bond acceptors (Lipinski definition) is 3. The Morgan fingerprint density at radius 3 is 2.70 bits per heavy atom. The van der Waals surface area contributed by atoms with Crippen molar-refractivity contribution in [2.45, 2.75) is 32.2 Å². The van der Waals surface area contributed by atoms with Crippen molar-refractivity contribution >= 4 is 5.97 Å². The van der Waals surface area contributed by atoms with Crippen LogP contribution in [0.2, 0.25) is 0 Å². The molecule has 0 bridgehead atoms. The molecule has 1 heterocycles. The Labute approximate surface area is 120 Å². The monoisotopic (exact) mass is 277 g/mol. The summed E-state index contributed by atoms with van der Waals surface area (Å²) in [4.78, 5) is 13.2. The fourth-order valence-corrected chi connectivity index (χ4v) is 3.09. The smallest absolute Gasteiger partial charge is 0.303 e. The largest absolute Gasteiger partial charge is 0.497 e. The van der Waals surface area contributed by atoms with Crippen LogP contribution in [0.3, 0.4) is 0 Å². The van der Waals surface area contributed by atoms with Gasteiger partial charge in [0.2, 0.25) is 0 Å². The van der Waals surface area contributed by atoms with Crippen LogP contribution in [-0.4, -0.2) is 36.2 Å². The van der Waals surface area contributed by atoms with Gasteiger partial charge in [0.1, 0.15) is 5.75 Å². The molecule has 0 saturated carbocycles. The third-order valence-corrected chi connectivity index (χ3v) is 4.11. The summed E-state index contributed by atoms with van der Waals surface area (Å²) in [5.74, 6) is 0.475. The molecule has 0 aliphatic carbocycles. The SMILES string of the molecule is CCC(c1ccc(OC)cc1)N1CCC(CC(=O)O)C1. The first-order valence-electron chi connectivity index (χ1n) is 7.23. The first kappa shape index (κ1) is 14.9. The van der Waals surface area contributed by atoms with E-state index in [9.17, 15) is 4.79 Å². The Balaban J connectivity index is 2.03. The zero-order chi connectivity index (χ0) is 14.5. The number of rotatable bonds is 6. The lowest BCUT2D eigenvalue weighted by Crippen LogP contribution is -2.26. The minimum absolute atomic E-state index is 0.287. The van der Waals surface area contributed by atoms with Crippen molar-refractivity contribution in [1.29, 1.82) is 0 Å². The summed E-state index contributed by atoms with van der Waals surface area (Å²) in [5, 5.41) is 8.90. The van der Waals surface area contributed by atoms with Gasteiger partial charge in [-0.3, -0.25) is 9.69 Å². The van der Waals surface area contributed by atoms with Gasteiger partial charge >= 0.3 is 5.97 Å². The zero-order valence-corrected chi connectivity index (χ0v) is 12.2. The van der Waals surface area contributed by atoms with Crippen LogP contribution >= 0.6 is 0 Å². The molecule has 0 spiro atoms. The third kappa shape index (κ3) is 3.51. The predicted molar refractivity (Wildman–Crippen MR) is 78.0 cm³/mol. The Kier molecular flexibility index (Phi) is 5.01. The van der Waals surface area contributed by atoms with Gasteiger partial charge in [-0.1, -0.05) is 19.1 Å². The van der Waals surface area contributed by atoms with Crippen molar-refractivity contribution in [3.63, 3.8) is 0 Å². The zero-order valence-electron chi connectivity index (χ0n) is 12.2. The molecule has 1 aliphatic rings. The minimum atomic E-state index is -0.686. The maximum Gasteiger partial charge on any atom is 0.303 e. The Morgan fingerprint density at radius 1 is 1.45 bits per heavy atom. The van der Waals surface area contributed by atoms with Crippen molar-refractivity contribution in [3.05, 3.63) is 29.8 Å². The van der Waals surface area contributed by atoms with Crippen molar-refractivity contribution < 1.29 is 14.6 Å². The normalized spacial score (nSPS) is 20.8. The molecular formula is C16H23NO3. The van der Waals surface area contributed by atoms with Gasteiger partial charge in [-0.25, -0.2) is 0 Å². The molecule has 0 radical (unpaired) electrons. The van der Waals surface area contributed by atoms with E-state index in [-0.39, 0.29) is 6.42 Å². The second kappa shape index (κ2) is 6.75. The highest BCUT2D eigenvalue weighted by Gasteiger charge is 2.29. The summed E-state index contributed by atoms with van der Waals surface area (Å²) in [6, 6.07) is 8.57. The fraction of sp³-hybridized carbons (Fsp3) is 0.562. The lowest BCUT2D eigenvalue weighted by atomic mass is 10.0. The molecule has 4 heteroatoms. The Bertz CT molecular complexity index is 444. The van der Waals surface area contributed by atoms with Gasteiger partial charge in [0.15, 0.2) is 0 Å². The van der Waals surface area contributed by atoms with Crippen molar-refractivity contribution in [2.24, 2.45) is 5.92 Å². The first-order valence-corrected chi connectivity index (χ1v) is 7.23. The number of benzene rings is 1. The van der Waals surface area contributed by atoms with Crippen LogP contribution < -0.4 is 4.74 Å². The van der Waals surface area contributed by atoms with Crippen LogP contribution in [0, 0.1) is 5.92 Å².